The number of hydrogen-bond donors (Lipinski definition) is 1. The Labute approximate surface area is 167 Å². The molecule has 0 aliphatic heterocycles. The van der Waals surface area contributed by atoms with Gasteiger partial charge in [-0.05, 0) is 29.8 Å². The van der Waals surface area contributed by atoms with Crippen LogP contribution in [0.25, 0.3) is 10.9 Å². The first-order valence-electron chi connectivity index (χ1n) is 9.05. The topological polar surface area (TPSA) is 83.1 Å². The van der Waals surface area contributed by atoms with Crippen LogP contribution in [0.2, 0.25) is 0 Å². The van der Waals surface area contributed by atoms with Crippen molar-refractivity contribution in [2.75, 3.05) is 0 Å². The fourth-order valence-corrected chi connectivity index (χ4v) is 3.18. The van der Waals surface area contributed by atoms with Crippen LogP contribution < -0.4 is 5.43 Å². The maximum absolute atomic E-state index is 12.1. The maximum atomic E-state index is 12.1. The van der Waals surface area contributed by atoms with Crippen molar-refractivity contribution in [1.82, 2.24) is 15.0 Å². The van der Waals surface area contributed by atoms with Crippen LogP contribution in [0.15, 0.2) is 84.4 Å². The SMILES string of the molecule is N#Cc1ccccc1Cn1cc(/C=N\NC(=O)c2cccnc2)c2ccccc21. The Morgan fingerprint density at radius 1 is 1.14 bits per heavy atom. The second kappa shape index (κ2) is 8.19. The molecule has 0 spiro atoms. The number of carbonyl (C=O) groups excluding carboxylic acids is 1. The van der Waals surface area contributed by atoms with E-state index in [1.807, 2.05) is 54.7 Å². The summed E-state index contributed by atoms with van der Waals surface area (Å²) in [4.78, 5) is 16.0. The summed E-state index contributed by atoms with van der Waals surface area (Å²) in [6.07, 6.45) is 6.70. The van der Waals surface area contributed by atoms with Gasteiger partial charge in [-0.15, -0.1) is 0 Å². The largest absolute Gasteiger partial charge is 0.342 e. The quantitative estimate of drug-likeness (QED) is 0.424. The van der Waals surface area contributed by atoms with E-state index in [1.54, 1.807) is 24.5 Å². The van der Waals surface area contributed by atoms with Crippen molar-refractivity contribution in [3.8, 4) is 6.07 Å². The van der Waals surface area contributed by atoms with E-state index in [-0.39, 0.29) is 5.91 Å². The molecule has 0 bridgehead atoms. The van der Waals surface area contributed by atoms with Crippen LogP contribution >= 0.6 is 0 Å². The minimum absolute atomic E-state index is 0.318. The van der Waals surface area contributed by atoms with Crippen molar-refractivity contribution >= 4 is 23.0 Å². The van der Waals surface area contributed by atoms with Crippen LogP contribution in [0.3, 0.4) is 0 Å². The smallest absolute Gasteiger partial charge is 0.272 e. The molecule has 6 nitrogen and oxygen atoms in total. The molecule has 0 radical (unpaired) electrons. The molecule has 1 N–H and O–H groups in total. The summed E-state index contributed by atoms with van der Waals surface area (Å²) in [7, 11) is 0. The number of benzene rings is 2. The summed E-state index contributed by atoms with van der Waals surface area (Å²) < 4.78 is 2.08. The van der Waals surface area contributed by atoms with Crippen LogP contribution in [0, 0.1) is 11.3 Å². The predicted molar refractivity (Wildman–Crippen MR) is 111 cm³/mol. The highest BCUT2D eigenvalue weighted by molar-refractivity contribution is 6.00. The molecule has 6 heteroatoms. The predicted octanol–water partition coefficient (Wildman–Crippen LogP) is 3.72. The Balaban J connectivity index is 1.61. The average molecular weight is 379 g/mol. The Hall–Kier alpha value is -4.24. The molecular weight excluding hydrogens is 362 g/mol. The molecule has 0 unspecified atom stereocenters. The molecule has 0 aliphatic carbocycles. The summed E-state index contributed by atoms with van der Waals surface area (Å²) >= 11 is 0. The number of nitrogens with zero attached hydrogens (tertiary/aromatic N) is 4. The normalized spacial score (nSPS) is 10.9. The lowest BCUT2D eigenvalue weighted by Crippen LogP contribution is -2.17. The number of nitriles is 1. The Morgan fingerprint density at radius 2 is 1.97 bits per heavy atom. The van der Waals surface area contributed by atoms with Crippen molar-refractivity contribution in [2.24, 2.45) is 5.10 Å². The molecule has 2 heterocycles. The van der Waals surface area contributed by atoms with Crippen molar-refractivity contribution in [3.63, 3.8) is 0 Å². The number of amides is 1. The monoisotopic (exact) mass is 379 g/mol. The molecule has 2 aromatic heterocycles. The summed E-state index contributed by atoms with van der Waals surface area (Å²) in [6.45, 7) is 0.570. The van der Waals surface area contributed by atoms with Crippen molar-refractivity contribution < 1.29 is 4.79 Å². The van der Waals surface area contributed by atoms with Crippen LogP contribution in [-0.4, -0.2) is 21.7 Å². The van der Waals surface area contributed by atoms with Gasteiger partial charge in [0, 0.05) is 41.6 Å². The first-order chi connectivity index (χ1) is 14.3. The first kappa shape index (κ1) is 18.1. The van der Waals surface area contributed by atoms with Gasteiger partial charge in [-0.1, -0.05) is 36.4 Å². The fraction of sp³-hybridized carbons (Fsp3) is 0.0435. The van der Waals surface area contributed by atoms with E-state index in [4.69, 9.17) is 0 Å². The highest BCUT2D eigenvalue weighted by Crippen LogP contribution is 2.22. The Kier molecular flexibility index (Phi) is 5.12. The lowest BCUT2D eigenvalue weighted by Gasteiger charge is -2.07. The van der Waals surface area contributed by atoms with Gasteiger partial charge in [0.15, 0.2) is 0 Å². The molecule has 2 aromatic carbocycles. The standard InChI is InChI=1S/C23H17N5O/c24-12-17-6-1-2-7-19(17)15-28-16-20(21-9-3-4-10-22(21)28)14-26-27-23(29)18-8-5-11-25-13-18/h1-11,13-14,16H,15H2,(H,27,29)/b26-14-. The lowest BCUT2D eigenvalue weighted by molar-refractivity contribution is 0.0955. The van der Waals surface area contributed by atoms with Gasteiger partial charge in [-0.3, -0.25) is 9.78 Å². The number of pyridine rings is 1. The zero-order chi connectivity index (χ0) is 20.1. The van der Waals surface area contributed by atoms with Gasteiger partial charge in [0.05, 0.1) is 23.4 Å². The van der Waals surface area contributed by atoms with Gasteiger partial charge in [0.1, 0.15) is 0 Å². The molecule has 0 saturated carbocycles. The van der Waals surface area contributed by atoms with Gasteiger partial charge in [-0.25, -0.2) is 5.43 Å². The van der Waals surface area contributed by atoms with Crippen LogP contribution in [0.5, 0.6) is 0 Å². The zero-order valence-corrected chi connectivity index (χ0v) is 15.5. The van der Waals surface area contributed by atoms with E-state index < -0.39 is 0 Å². The zero-order valence-electron chi connectivity index (χ0n) is 15.5. The number of aromatic nitrogens is 2. The third kappa shape index (κ3) is 3.89. The second-order valence-electron chi connectivity index (χ2n) is 6.44. The lowest BCUT2D eigenvalue weighted by atomic mass is 10.1. The number of para-hydroxylation sites is 1. The first-order valence-corrected chi connectivity index (χ1v) is 9.05. The molecule has 4 rings (SSSR count). The van der Waals surface area contributed by atoms with Gasteiger partial charge >= 0.3 is 0 Å². The minimum Gasteiger partial charge on any atom is -0.342 e. The minimum atomic E-state index is -0.318. The molecular formula is C23H17N5O. The number of carbonyl (C=O) groups is 1. The Morgan fingerprint density at radius 3 is 2.79 bits per heavy atom. The second-order valence-corrected chi connectivity index (χ2v) is 6.44. The van der Waals surface area contributed by atoms with Crippen LogP contribution in [0.4, 0.5) is 0 Å². The van der Waals surface area contributed by atoms with Gasteiger partial charge in [-0.2, -0.15) is 10.4 Å². The van der Waals surface area contributed by atoms with Crippen molar-refractivity contribution in [2.45, 2.75) is 6.54 Å². The number of hydrazone groups is 1. The maximum Gasteiger partial charge on any atom is 0.272 e. The van der Waals surface area contributed by atoms with E-state index in [0.29, 0.717) is 17.7 Å². The summed E-state index contributed by atoms with van der Waals surface area (Å²) in [5, 5.41) is 14.5. The third-order valence-corrected chi connectivity index (χ3v) is 4.59. The molecule has 1 amide bonds. The molecule has 0 fully saturated rings. The van der Waals surface area contributed by atoms with Crippen molar-refractivity contribution in [1.29, 1.82) is 5.26 Å². The molecule has 0 aliphatic rings. The molecule has 140 valence electrons. The Bertz CT molecular complexity index is 1240. The molecule has 4 aromatic rings. The molecule has 0 atom stereocenters. The number of fused-ring (bicyclic) bond motifs is 1. The van der Waals surface area contributed by atoms with Gasteiger partial charge < -0.3 is 4.57 Å². The number of nitrogens with one attached hydrogen (secondary N) is 1. The average Bonchev–Trinajstić information content (AvgIpc) is 3.12. The summed E-state index contributed by atoms with van der Waals surface area (Å²) in [5.74, 6) is -0.318. The highest BCUT2D eigenvalue weighted by Gasteiger charge is 2.09. The summed E-state index contributed by atoms with van der Waals surface area (Å²) in [5.41, 5.74) is 6.48. The van der Waals surface area contributed by atoms with E-state index in [1.165, 1.54) is 6.20 Å². The number of rotatable bonds is 5. The van der Waals surface area contributed by atoms with Crippen LogP contribution in [-0.2, 0) is 6.54 Å². The highest BCUT2D eigenvalue weighted by atomic mass is 16.2. The van der Waals surface area contributed by atoms with Gasteiger partial charge in [0.2, 0.25) is 0 Å². The van der Waals surface area contributed by atoms with E-state index in [0.717, 1.165) is 22.0 Å². The third-order valence-electron chi connectivity index (χ3n) is 4.59. The van der Waals surface area contributed by atoms with E-state index in [2.05, 4.69) is 26.1 Å². The van der Waals surface area contributed by atoms with E-state index >= 15 is 0 Å². The molecule has 29 heavy (non-hydrogen) atoms. The van der Waals surface area contributed by atoms with E-state index in [9.17, 15) is 10.1 Å². The van der Waals surface area contributed by atoms with Crippen LogP contribution in [0.1, 0.15) is 27.0 Å². The van der Waals surface area contributed by atoms with Crippen molar-refractivity contribution in [3.05, 3.63) is 102 Å². The molecule has 0 saturated heterocycles. The van der Waals surface area contributed by atoms with Gasteiger partial charge in [0.25, 0.3) is 5.91 Å². The number of hydrogen-bond acceptors (Lipinski definition) is 4. The summed E-state index contributed by atoms with van der Waals surface area (Å²) in [6, 6.07) is 21.1. The fourth-order valence-electron chi connectivity index (χ4n) is 3.18.